The zero-order chi connectivity index (χ0) is 73.6. The minimum atomic E-state index is -1.63. The van der Waals surface area contributed by atoms with Crippen LogP contribution in [-0.4, -0.2) is 80.7 Å². The van der Waals surface area contributed by atoms with E-state index < -0.39 is 29.7 Å². The molecule has 1 N–H and O–H groups in total. The summed E-state index contributed by atoms with van der Waals surface area (Å²) < 4.78 is 0. The zero-order valence-corrected chi connectivity index (χ0v) is 78.7. The molecule has 12 aromatic carbocycles. The van der Waals surface area contributed by atoms with Gasteiger partial charge in [-0.05, 0) is 205 Å². The van der Waals surface area contributed by atoms with Gasteiger partial charge in [0, 0.05) is 16.0 Å². The monoisotopic (exact) mass is 1960 g/mol. The molecule has 0 saturated heterocycles. The molecule has 0 bridgehead atoms. The number of rotatable bonds is 29. The van der Waals surface area contributed by atoms with Gasteiger partial charge >= 0.3 is 0 Å². The summed E-state index contributed by atoms with van der Waals surface area (Å²) in [4.78, 5) is 3.82. The first-order valence-electron chi connectivity index (χ1n) is 37.3. The fraction of sp³-hybridized carbons (Fsp3) is 0.242. The maximum atomic E-state index is 3.60. The molecule has 2 nitrogen and oxygen atoms in total. The molecule has 0 spiro atoms. The molecule has 0 unspecified atom stereocenters. The van der Waals surface area contributed by atoms with Crippen molar-refractivity contribution in [2.24, 2.45) is 0 Å². The van der Waals surface area contributed by atoms with E-state index in [1.165, 1.54) is 151 Å². The quantitative estimate of drug-likeness (QED) is 0.0286. The van der Waals surface area contributed by atoms with E-state index in [0.717, 1.165) is 22.5 Å². The highest BCUT2D eigenvalue weighted by Crippen LogP contribution is 2.58. The number of unbranched alkanes of at least 4 members (excludes halogenated alkanes) is 4. The molecule has 13 heteroatoms. The van der Waals surface area contributed by atoms with Gasteiger partial charge in [0.15, 0.2) is 0 Å². The van der Waals surface area contributed by atoms with Gasteiger partial charge in [0.05, 0.1) is 39.1 Å². The Morgan fingerprint density at radius 1 is 0.259 bits per heavy atom. The lowest BCUT2D eigenvalue weighted by Crippen LogP contribution is -3.05. The fourth-order valence-electron chi connectivity index (χ4n) is 13.1. The van der Waals surface area contributed by atoms with Crippen LogP contribution in [0.25, 0.3) is 0 Å². The van der Waals surface area contributed by atoms with Gasteiger partial charge in [-0.3, -0.25) is 0 Å². The van der Waals surface area contributed by atoms with Crippen molar-refractivity contribution in [3.05, 3.63) is 364 Å². The lowest BCUT2D eigenvalue weighted by molar-refractivity contribution is -0.858. The number of hydrogen-bond acceptors (Lipinski definition) is 1. The van der Waals surface area contributed by atoms with E-state index in [2.05, 4.69) is 459 Å². The minimum Gasteiger partial charge on any atom is -1.00 e. The third-order valence-corrected chi connectivity index (χ3v) is 35.7. The molecule has 0 aromatic heterocycles. The Morgan fingerprint density at radius 3 is 0.602 bits per heavy atom. The Morgan fingerprint density at radius 2 is 0.426 bits per heavy atom. The summed E-state index contributed by atoms with van der Waals surface area (Å²) in [5.41, 5.74) is 0. The third kappa shape index (κ3) is 30.9. The summed E-state index contributed by atoms with van der Waals surface area (Å²) in [7, 11) is 3.51. The van der Waals surface area contributed by atoms with Crippen LogP contribution in [0.15, 0.2) is 364 Å². The molecule has 0 amide bonds. The number of benzene rings is 12. The van der Waals surface area contributed by atoms with Gasteiger partial charge in [0.1, 0.15) is 69.5 Å². The van der Waals surface area contributed by atoms with Gasteiger partial charge in [0.25, 0.3) is 0 Å². The van der Waals surface area contributed by atoms with Crippen molar-refractivity contribution in [1.82, 2.24) is 4.90 Å². The molecule has 12 rings (SSSR count). The van der Waals surface area contributed by atoms with E-state index in [0.29, 0.717) is 0 Å². The van der Waals surface area contributed by atoms with Gasteiger partial charge < -0.3 is 77.7 Å². The summed E-state index contributed by atoms with van der Waals surface area (Å²) in [6.07, 6.45) is 15.0. The SMILES string of the molecule is BrCCCCBr.BrCCCC[P+](c1ccccc1)(c1ccccc1)c1ccccc1.CCC.CN(C)CCCC[P+](c1ccccc1)(c1ccccc1)c1ccccc1.C[NH+](C)CCCC[P+](c1ccccc1)(c1ccccc1)c1ccccc1.[Br-].[Br-].[Br-].[Br-].c1ccc(P(c2ccccc2)c2ccccc2)cc1. The Hall–Kier alpha value is -4.36. The van der Waals surface area contributed by atoms with Crippen LogP contribution in [0.5, 0.6) is 0 Å². The molecule has 12 aromatic rings. The van der Waals surface area contributed by atoms with Crippen LogP contribution in [0.2, 0.25) is 0 Å². The van der Waals surface area contributed by atoms with Crippen molar-refractivity contribution in [2.75, 3.05) is 75.8 Å². The van der Waals surface area contributed by atoms with E-state index in [4.69, 9.17) is 0 Å². The molecule has 0 saturated carbocycles. The van der Waals surface area contributed by atoms with Crippen molar-refractivity contribution in [1.29, 1.82) is 0 Å². The highest BCUT2D eigenvalue weighted by atomic mass is 79.9. The number of quaternary nitrogens is 1. The Balaban J connectivity index is 0.000000357. The van der Waals surface area contributed by atoms with Crippen LogP contribution in [0.4, 0.5) is 0 Å². The number of nitrogens with one attached hydrogen (secondary N) is 1. The minimum absolute atomic E-state index is 0. The predicted molar refractivity (Wildman–Crippen MR) is 486 cm³/mol. The normalized spacial score (nSPS) is 10.7. The molecule has 108 heavy (non-hydrogen) atoms. The topological polar surface area (TPSA) is 7.68 Å². The molecule has 0 aliphatic rings. The lowest BCUT2D eigenvalue weighted by atomic mass is 10.3. The molecule has 0 heterocycles. The van der Waals surface area contributed by atoms with Crippen LogP contribution in [0.1, 0.15) is 71.6 Å². The van der Waals surface area contributed by atoms with E-state index in [-0.39, 0.29) is 67.9 Å². The molecular weight excluding hydrogens is 1850 g/mol. The predicted octanol–water partition coefficient (Wildman–Crippen LogP) is 7.82. The second kappa shape index (κ2) is 57.6. The van der Waals surface area contributed by atoms with Crippen molar-refractivity contribution in [2.45, 2.75) is 71.6 Å². The summed E-state index contributed by atoms with van der Waals surface area (Å²) in [6, 6.07) is 133. The maximum absolute atomic E-state index is 3.60. The molecular formula is C95H113Br7N2P4. The van der Waals surface area contributed by atoms with Gasteiger partial charge in [-0.25, -0.2) is 0 Å². The summed E-state index contributed by atoms with van der Waals surface area (Å²) >= 11 is 10.3. The Labute approximate surface area is 722 Å². The first-order chi connectivity index (χ1) is 51.1. The maximum Gasteiger partial charge on any atom is 0.112 e. The average molecular weight is 1970 g/mol. The summed E-state index contributed by atoms with van der Waals surface area (Å²) in [5, 5.41) is 20.9. The van der Waals surface area contributed by atoms with E-state index in [1.54, 1.807) is 0 Å². The third-order valence-electron chi connectivity index (χ3n) is 18.0. The van der Waals surface area contributed by atoms with Crippen molar-refractivity contribution >= 4 is 141 Å². The molecule has 0 aliphatic carbocycles. The van der Waals surface area contributed by atoms with Crippen LogP contribution >= 0.6 is 77.5 Å². The molecule has 0 atom stereocenters. The van der Waals surface area contributed by atoms with Gasteiger partial charge in [-0.2, -0.15) is 0 Å². The first-order valence-corrected chi connectivity index (χ1v) is 48.0. The molecule has 0 radical (unpaired) electrons. The Bertz CT molecular complexity index is 3540. The first kappa shape index (κ1) is 97.8. The summed E-state index contributed by atoms with van der Waals surface area (Å²) in [5.74, 6) is 0. The van der Waals surface area contributed by atoms with Crippen LogP contribution < -0.4 is 136 Å². The zero-order valence-electron chi connectivity index (χ0n) is 64.0. The second-order valence-corrected chi connectivity index (χ2v) is 41.8. The number of hydrogen-bond donors (Lipinski definition) is 1. The van der Waals surface area contributed by atoms with Gasteiger partial charge in [0.2, 0.25) is 0 Å². The molecule has 0 aliphatic heterocycles. The lowest BCUT2D eigenvalue weighted by Gasteiger charge is -2.28. The highest BCUT2D eigenvalue weighted by Gasteiger charge is 2.47. The molecule has 572 valence electrons. The van der Waals surface area contributed by atoms with Gasteiger partial charge in [-0.15, -0.1) is 0 Å². The van der Waals surface area contributed by atoms with Crippen LogP contribution in [0.3, 0.4) is 0 Å². The van der Waals surface area contributed by atoms with Crippen molar-refractivity contribution < 1.29 is 72.8 Å². The molecule has 0 fully saturated rings. The van der Waals surface area contributed by atoms with Crippen molar-refractivity contribution in [3.63, 3.8) is 0 Å². The van der Waals surface area contributed by atoms with E-state index in [1.807, 2.05) is 0 Å². The standard InChI is InChI=1S/2C24H29NP.C22H23BrP.C18H15P.C4H8Br2.C3H8.4BrH/c2*1-25(2)20-12-13-21-26(22-14-6-3-7-15-22,23-16-8-4-9-17-23)24-18-10-5-11-19-24;23-18-10-11-19-24(20-12-4-1-5-13-20,21-14-6-2-7-15-21)22-16-8-3-9-17-22;1-4-10-16(11-5-1)19(17-12-6-2-7-13-17)18-14-8-3-9-15-18;5-3-1-2-4-6;1-3-2;;;;/h2*3-11,14-19H,12-13,20-21H2,1-2H3;1-9,12-17H,10-11,18-19H2;1-15H;1-4H2;3H2,1-2H3;4*1H/q3*+1;;;;;;;/p-3. The largest absolute Gasteiger partial charge is 1.00 e. The van der Waals surface area contributed by atoms with E-state index in [9.17, 15) is 0 Å². The van der Waals surface area contributed by atoms with Crippen LogP contribution in [0, 0.1) is 0 Å². The fourth-order valence-corrected chi connectivity index (χ4v) is 29.8. The number of nitrogens with zero attached hydrogens (tertiary/aromatic N) is 1. The number of alkyl halides is 3. The number of halogens is 7. The van der Waals surface area contributed by atoms with Crippen molar-refractivity contribution in [3.8, 4) is 0 Å². The summed E-state index contributed by atoms with van der Waals surface area (Å²) in [6.45, 7) is 6.64. The Kier molecular flexibility index (Phi) is 52.2. The highest BCUT2D eigenvalue weighted by molar-refractivity contribution is 9.09. The van der Waals surface area contributed by atoms with E-state index >= 15 is 0 Å². The smallest absolute Gasteiger partial charge is 0.112 e. The second-order valence-electron chi connectivity index (χ2n) is 26.3. The van der Waals surface area contributed by atoms with Gasteiger partial charge in [-0.1, -0.05) is 323 Å². The average Bonchev–Trinajstić information content (AvgIpc) is 0.776. The van der Waals surface area contributed by atoms with Crippen LogP contribution in [-0.2, 0) is 0 Å².